The Hall–Kier alpha value is -2.55. The molecule has 1 atom stereocenters. The van der Waals surface area contributed by atoms with Gasteiger partial charge in [-0.2, -0.15) is 0 Å². The maximum atomic E-state index is 11.5. The maximum absolute atomic E-state index is 11.5. The number of aromatic nitrogens is 1. The molecule has 2 N–H and O–H groups in total. The van der Waals surface area contributed by atoms with Crippen LogP contribution in [0.3, 0.4) is 0 Å². The molecule has 3 aromatic rings. The van der Waals surface area contributed by atoms with Gasteiger partial charge in [0.2, 0.25) is 5.91 Å². The summed E-state index contributed by atoms with van der Waals surface area (Å²) in [7, 11) is 0. The number of hydrogen-bond acceptors (Lipinski definition) is 1. The number of nitrogens with one attached hydrogen (secondary N) is 2. The van der Waals surface area contributed by atoms with Crippen molar-refractivity contribution in [2.24, 2.45) is 0 Å². The van der Waals surface area contributed by atoms with Gasteiger partial charge < -0.3 is 10.3 Å². The van der Waals surface area contributed by atoms with E-state index in [-0.39, 0.29) is 11.9 Å². The fourth-order valence-corrected chi connectivity index (χ4v) is 2.52. The minimum atomic E-state index is -0.134. The summed E-state index contributed by atoms with van der Waals surface area (Å²) in [6, 6.07) is 18.0. The smallest absolute Gasteiger partial charge is 0.217 e. The zero-order valence-corrected chi connectivity index (χ0v) is 11.3. The van der Waals surface area contributed by atoms with Crippen LogP contribution in [-0.4, -0.2) is 10.9 Å². The molecule has 0 bridgehead atoms. The average Bonchev–Trinajstić information content (AvgIpc) is 2.89. The molecular weight excluding hydrogens is 248 g/mol. The molecule has 20 heavy (non-hydrogen) atoms. The zero-order valence-electron chi connectivity index (χ0n) is 11.3. The zero-order chi connectivity index (χ0) is 13.9. The van der Waals surface area contributed by atoms with Crippen LogP contribution < -0.4 is 5.32 Å². The van der Waals surface area contributed by atoms with E-state index >= 15 is 0 Å². The summed E-state index contributed by atoms with van der Waals surface area (Å²) in [5.74, 6) is -0.0378. The van der Waals surface area contributed by atoms with Gasteiger partial charge in [-0.05, 0) is 11.6 Å². The average molecular weight is 264 g/mol. The van der Waals surface area contributed by atoms with Crippen LogP contribution in [0.2, 0.25) is 0 Å². The molecule has 0 saturated carbocycles. The summed E-state index contributed by atoms with van der Waals surface area (Å²) in [5.41, 5.74) is 3.24. The standard InChI is InChI=1S/C17H16N2O/c1-12(20)19-17(13-7-3-2-4-8-13)15-11-18-16-10-6-5-9-14(15)16/h2-11,17-18H,1H3,(H,19,20). The Morgan fingerprint density at radius 2 is 1.75 bits per heavy atom. The predicted molar refractivity (Wildman–Crippen MR) is 80.4 cm³/mol. The second-order valence-electron chi connectivity index (χ2n) is 4.83. The summed E-state index contributed by atoms with van der Waals surface area (Å²) in [5, 5.41) is 4.17. The summed E-state index contributed by atoms with van der Waals surface area (Å²) in [6.45, 7) is 1.55. The summed E-state index contributed by atoms with van der Waals surface area (Å²) in [4.78, 5) is 14.8. The highest BCUT2D eigenvalue weighted by Crippen LogP contribution is 2.28. The van der Waals surface area contributed by atoms with Crippen LogP contribution in [0.25, 0.3) is 10.9 Å². The highest BCUT2D eigenvalue weighted by Gasteiger charge is 2.18. The molecular formula is C17H16N2O. The third kappa shape index (κ3) is 2.30. The van der Waals surface area contributed by atoms with Gasteiger partial charge in [0.05, 0.1) is 6.04 Å². The molecule has 2 aromatic carbocycles. The molecule has 0 radical (unpaired) electrons. The lowest BCUT2D eigenvalue weighted by Gasteiger charge is -2.18. The molecule has 0 saturated heterocycles. The molecule has 3 rings (SSSR count). The molecule has 1 amide bonds. The maximum Gasteiger partial charge on any atom is 0.217 e. The number of hydrogen-bond donors (Lipinski definition) is 2. The number of rotatable bonds is 3. The van der Waals surface area contributed by atoms with E-state index in [0.717, 1.165) is 22.0 Å². The molecule has 1 aromatic heterocycles. The van der Waals surface area contributed by atoms with Crippen molar-refractivity contribution in [3.05, 3.63) is 71.9 Å². The lowest BCUT2D eigenvalue weighted by molar-refractivity contribution is -0.119. The SMILES string of the molecule is CC(=O)NC(c1ccccc1)c1c[nH]c2ccccc12. The number of para-hydroxylation sites is 1. The van der Waals surface area contributed by atoms with Gasteiger partial charge in [-0.15, -0.1) is 0 Å². The Morgan fingerprint density at radius 1 is 1.05 bits per heavy atom. The number of fused-ring (bicyclic) bond motifs is 1. The molecule has 0 aliphatic heterocycles. The van der Waals surface area contributed by atoms with Crippen molar-refractivity contribution in [2.45, 2.75) is 13.0 Å². The van der Waals surface area contributed by atoms with Gasteiger partial charge in [0.15, 0.2) is 0 Å². The Kier molecular flexibility index (Phi) is 3.25. The van der Waals surface area contributed by atoms with Crippen LogP contribution in [0.1, 0.15) is 24.1 Å². The first-order valence-electron chi connectivity index (χ1n) is 6.64. The Morgan fingerprint density at radius 3 is 2.50 bits per heavy atom. The summed E-state index contributed by atoms with van der Waals surface area (Å²) >= 11 is 0. The van der Waals surface area contributed by atoms with Crippen LogP contribution in [0.15, 0.2) is 60.8 Å². The summed E-state index contributed by atoms with van der Waals surface area (Å²) < 4.78 is 0. The van der Waals surface area contributed by atoms with Gasteiger partial charge in [0.1, 0.15) is 0 Å². The molecule has 0 spiro atoms. The number of carbonyl (C=O) groups excluding carboxylic acids is 1. The fourth-order valence-electron chi connectivity index (χ4n) is 2.52. The van der Waals surface area contributed by atoms with Crippen molar-refractivity contribution in [3.63, 3.8) is 0 Å². The highest BCUT2D eigenvalue weighted by atomic mass is 16.1. The van der Waals surface area contributed by atoms with Crippen LogP contribution in [0.5, 0.6) is 0 Å². The minimum Gasteiger partial charge on any atom is -0.361 e. The lowest BCUT2D eigenvalue weighted by atomic mass is 9.98. The Labute approximate surface area is 117 Å². The van der Waals surface area contributed by atoms with Crippen molar-refractivity contribution < 1.29 is 4.79 Å². The van der Waals surface area contributed by atoms with Gasteiger partial charge in [-0.1, -0.05) is 48.5 Å². The minimum absolute atomic E-state index is 0.0378. The van der Waals surface area contributed by atoms with Crippen LogP contribution in [0, 0.1) is 0 Å². The Bertz CT molecular complexity index is 731. The van der Waals surface area contributed by atoms with E-state index in [0.29, 0.717) is 0 Å². The van der Waals surface area contributed by atoms with Crippen molar-refractivity contribution in [1.82, 2.24) is 10.3 Å². The number of amides is 1. The first-order valence-corrected chi connectivity index (χ1v) is 6.64. The van der Waals surface area contributed by atoms with E-state index in [2.05, 4.69) is 16.4 Å². The van der Waals surface area contributed by atoms with Gasteiger partial charge in [0.25, 0.3) is 0 Å². The molecule has 3 heteroatoms. The van der Waals surface area contributed by atoms with E-state index in [1.807, 2.05) is 54.7 Å². The van der Waals surface area contributed by atoms with Crippen LogP contribution >= 0.6 is 0 Å². The fraction of sp³-hybridized carbons (Fsp3) is 0.118. The van der Waals surface area contributed by atoms with Crippen molar-refractivity contribution in [1.29, 1.82) is 0 Å². The summed E-state index contributed by atoms with van der Waals surface area (Å²) in [6.07, 6.45) is 1.97. The lowest BCUT2D eigenvalue weighted by Crippen LogP contribution is -2.26. The molecule has 0 aliphatic rings. The Balaban J connectivity index is 2.12. The van der Waals surface area contributed by atoms with E-state index in [4.69, 9.17) is 0 Å². The van der Waals surface area contributed by atoms with Crippen LogP contribution in [0.4, 0.5) is 0 Å². The van der Waals surface area contributed by atoms with E-state index in [9.17, 15) is 4.79 Å². The number of benzene rings is 2. The molecule has 0 fully saturated rings. The van der Waals surface area contributed by atoms with Crippen LogP contribution in [-0.2, 0) is 4.79 Å². The number of carbonyl (C=O) groups is 1. The first-order chi connectivity index (χ1) is 9.75. The van der Waals surface area contributed by atoms with Gasteiger partial charge in [-0.25, -0.2) is 0 Å². The monoisotopic (exact) mass is 264 g/mol. The largest absolute Gasteiger partial charge is 0.361 e. The van der Waals surface area contributed by atoms with Crippen molar-refractivity contribution in [3.8, 4) is 0 Å². The first kappa shape index (κ1) is 12.5. The number of H-pyrrole nitrogens is 1. The van der Waals surface area contributed by atoms with E-state index in [1.165, 1.54) is 0 Å². The van der Waals surface area contributed by atoms with Gasteiger partial charge >= 0.3 is 0 Å². The highest BCUT2D eigenvalue weighted by molar-refractivity contribution is 5.85. The third-order valence-electron chi connectivity index (χ3n) is 3.41. The molecule has 0 aliphatic carbocycles. The second-order valence-corrected chi connectivity index (χ2v) is 4.83. The van der Waals surface area contributed by atoms with E-state index < -0.39 is 0 Å². The molecule has 1 unspecified atom stereocenters. The van der Waals surface area contributed by atoms with Crippen molar-refractivity contribution >= 4 is 16.8 Å². The molecule has 100 valence electrons. The molecule has 1 heterocycles. The topological polar surface area (TPSA) is 44.9 Å². The van der Waals surface area contributed by atoms with Gasteiger partial charge in [-0.3, -0.25) is 4.79 Å². The second kappa shape index (κ2) is 5.21. The third-order valence-corrected chi connectivity index (χ3v) is 3.41. The van der Waals surface area contributed by atoms with Crippen molar-refractivity contribution in [2.75, 3.05) is 0 Å². The normalized spacial score (nSPS) is 12.2. The predicted octanol–water partition coefficient (Wildman–Crippen LogP) is 3.39. The quantitative estimate of drug-likeness (QED) is 0.748. The number of aromatic amines is 1. The van der Waals surface area contributed by atoms with Gasteiger partial charge in [0, 0.05) is 29.6 Å². The van der Waals surface area contributed by atoms with E-state index in [1.54, 1.807) is 6.92 Å². The molecule has 3 nitrogen and oxygen atoms in total.